The van der Waals surface area contributed by atoms with Crippen LogP contribution in [-0.4, -0.2) is 44.0 Å². The lowest BCUT2D eigenvalue weighted by Gasteiger charge is -2.17. The monoisotopic (exact) mass is 496 g/mol. The quantitative estimate of drug-likeness (QED) is 0.625. The summed E-state index contributed by atoms with van der Waals surface area (Å²) in [5.41, 5.74) is -5.94. The van der Waals surface area contributed by atoms with Crippen molar-refractivity contribution in [2.45, 2.75) is 31.5 Å². The molecule has 0 aliphatic carbocycles. The molecule has 1 aliphatic rings. The number of nitrogens with zero attached hydrogens (tertiary/aromatic N) is 2. The second-order valence-corrected chi connectivity index (χ2v) is 7.23. The molecule has 9 nitrogen and oxygen atoms in total. The largest absolute Gasteiger partial charge is 0.479 e. The number of aliphatic carboxylic acids is 1. The molecule has 1 unspecified atom stereocenters. The van der Waals surface area contributed by atoms with Crippen molar-refractivity contribution in [3.8, 4) is 5.69 Å². The van der Waals surface area contributed by atoms with Gasteiger partial charge in [-0.1, -0.05) is 11.6 Å². The lowest BCUT2D eigenvalue weighted by atomic mass is 10.1. The van der Waals surface area contributed by atoms with Crippen LogP contribution >= 0.6 is 11.6 Å². The van der Waals surface area contributed by atoms with E-state index in [1.54, 1.807) is 0 Å². The molecule has 0 amide bonds. The summed E-state index contributed by atoms with van der Waals surface area (Å²) < 4.78 is 57.4. The summed E-state index contributed by atoms with van der Waals surface area (Å²) in [5, 5.41) is 16.9. The lowest BCUT2D eigenvalue weighted by Crippen LogP contribution is -2.41. The molecule has 2 N–H and O–H groups in total. The highest BCUT2D eigenvalue weighted by Gasteiger charge is 2.35. The molecule has 0 radical (unpaired) electrons. The zero-order valence-electron chi connectivity index (χ0n) is 16.9. The van der Waals surface area contributed by atoms with Crippen LogP contribution in [0.25, 0.3) is 5.69 Å². The average molecular weight is 497 g/mol. The lowest BCUT2D eigenvalue weighted by molar-refractivity contribution is -0.153. The first-order chi connectivity index (χ1) is 15.3. The van der Waals surface area contributed by atoms with Crippen molar-refractivity contribution in [2.24, 2.45) is 7.05 Å². The Bertz CT molecular complexity index is 1180. The number of hydrogen-bond donors (Lipinski definition) is 2. The van der Waals surface area contributed by atoms with Crippen LogP contribution in [0.1, 0.15) is 35.3 Å². The number of carbonyl (C=O) groups is 2. The van der Waals surface area contributed by atoms with Gasteiger partial charge in [0, 0.05) is 19.7 Å². The highest BCUT2D eigenvalue weighted by atomic mass is 35.5. The summed E-state index contributed by atoms with van der Waals surface area (Å²) in [7, 11) is 0.743. The van der Waals surface area contributed by atoms with Gasteiger partial charge in [0.05, 0.1) is 16.3 Å². The van der Waals surface area contributed by atoms with E-state index in [0.29, 0.717) is 25.2 Å². The van der Waals surface area contributed by atoms with Gasteiger partial charge in [-0.05, 0) is 31.4 Å². The van der Waals surface area contributed by atoms with Crippen LogP contribution in [0, 0.1) is 5.82 Å². The fourth-order valence-electron chi connectivity index (χ4n) is 2.93. The summed E-state index contributed by atoms with van der Waals surface area (Å²) in [4.78, 5) is 45.2. The number of hydrogen-bond acceptors (Lipinski definition) is 5. The third kappa shape index (κ3) is 5.99. The zero-order valence-corrected chi connectivity index (χ0v) is 17.6. The molecule has 14 heteroatoms. The van der Waals surface area contributed by atoms with Crippen LogP contribution in [0.5, 0.6) is 0 Å². The standard InChI is InChI=1S/C13H7ClF4N2O4.C6H10O3/c1-19-9(13(16,17)18)4-10(21)20(12(19)24)8-2-5(11(22)23)6(14)3-7(8)15;7-6(8)5-3-1-2-4-9-5/h2-4H,1H3,(H,22,23);5H,1-4H2,(H,7,8). The van der Waals surface area contributed by atoms with E-state index in [-0.39, 0.29) is 15.2 Å². The first kappa shape index (κ1) is 26.1. The van der Waals surface area contributed by atoms with Crippen LogP contribution in [0.4, 0.5) is 17.6 Å². The second kappa shape index (κ2) is 10.2. The molecule has 1 fully saturated rings. The zero-order chi connectivity index (χ0) is 25.1. The Morgan fingerprint density at radius 3 is 2.24 bits per heavy atom. The van der Waals surface area contributed by atoms with E-state index >= 15 is 0 Å². The van der Waals surface area contributed by atoms with Crippen LogP contribution in [0.15, 0.2) is 27.8 Å². The minimum atomic E-state index is -4.98. The topological polar surface area (TPSA) is 128 Å². The minimum absolute atomic E-state index is 0.0906. The Labute approximate surface area is 187 Å². The van der Waals surface area contributed by atoms with Crippen LogP contribution < -0.4 is 11.2 Å². The fraction of sp³-hybridized carbons (Fsp3) is 0.368. The minimum Gasteiger partial charge on any atom is -0.479 e. The molecular weight excluding hydrogens is 480 g/mol. The van der Waals surface area contributed by atoms with E-state index in [0.717, 1.165) is 19.9 Å². The third-order valence-corrected chi connectivity index (χ3v) is 4.89. The number of ether oxygens (including phenoxy) is 1. The highest BCUT2D eigenvalue weighted by molar-refractivity contribution is 6.33. The maximum Gasteiger partial charge on any atom is 0.431 e. The van der Waals surface area contributed by atoms with Gasteiger partial charge in [-0.25, -0.2) is 23.3 Å². The van der Waals surface area contributed by atoms with Gasteiger partial charge in [0.2, 0.25) is 0 Å². The Balaban J connectivity index is 0.000000357. The van der Waals surface area contributed by atoms with Gasteiger partial charge in [-0.15, -0.1) is 0 Å². The van der Waals surface area contributed by atoms with Gasteiger partial charge < -0.3 is 14.9 Å². The fourth-order valence-corrected chi connectivity index (χ4v) is 3.16. The SMILES string of the molecule is Cn1c(C(F)(F)F)cc(=O)n(-c2cc(C(=O)O)c(Cl)cc2F)c1=O.O=C(O)C1CCCCO1. The summed E-state index contributed by atoms with van der Waals surface area (Å²) in [6.45, 7) is 0.608. The summed E-state index contributed by atoms with van der Waals surface area (Å²) in [5.74, 6) is -3.64. The van der Waals surface area contributed by atoms with Crippen molar-refractivity contribution in [3.05, 3.63) is 61.1 Å². The normalized spacial score (nSPS) is 16.0. The van der Waals surface area contributed by atoms with Gasteiger partial charge in [-0.2, -0.15) is 13.2 Å². The van der Waals surface area contributed by atoms with Gasteiger partial charge in [-0.3, -0.25) is 9.36 Å². The molecule has 33 heavy (non-hydrogen) atoms. The van der Waals surface area contributed by atoms with E-state index in [4.69, 9.17) is 26.6 Å². The summed E-state index contributed by atoms with van der Waals surface area (Å²) >= 11 is 5.54. The molecule has 1 atom stereocenters. The van der Waals surface area contributed by atoms with Crippen molar-refractivity contribution in [3.63, 3.8) is 0 Å². The number of halogens is 5. The number of alkyl halides is 3. The van der Waals surface area contributed by atoms with Crippen molar-refractivity contribution >= 4 is 23.5 Å². The Morgan fingerprint density at radius 2 is 1.79 bits per heavy atom. The van der Waals surface area contributed by atoms with Crippen LogP contribution in [0.2, 0.25) is 5.02 Å². The first-order valence-corrected chi connectivity index (χ1v) is 9.61. The Morgan fingerprint density at radius 1 is 1.15 bits per heavy atom. The molecule has 2 heterocycles. The molecule has 3 rings (SSSR count). The second-order valence-electron chi connectivity index (χ2n) is 6.82. The van der Waals surface area contributed by atoms with E-state index in [1.807, 2.05) is 0 Å². The van der Waals surface area contributed by atoms with E-state index in [9.17, 15) is 36.7 Å². The van der Waals surface area contributed by atoms with Crippen molar-refractivity contribution in [2.75, 3.05) is 6.61 Å². The van der Waals surface area contributed by atoms with E-state index in [2.05, 4.69) is 0 Å². The van der Waals surface area contributed by atoms with Gasteiger partial charge in [0.1, 0.15) is 11.5 Å². The molecule has 0 bridgehead atoms. The number of aromatic carboxylic acids is 1. The van der Waals surface area contributed by atoms with Crippen molar-refractivity contribution in [1.82, 2.24) is 9.13 Å². The summed E-state index contributed by atoms with van der Waals surface area (Å²) in [6.07, 6.45) is -2.84. The highest BCUT2D eigenvalue weighted by Crippen LogP contribution is 2.27. The Hall–Kier alpha value is -3.19. The maximum atomic E-state index is 14.0. The molecule has 1 aromatic heterocycles. The molecule has 1 aliphatic heterocycles. The van der Waals surface area contributed by atoms with Crippen molar-refractivity contribution in [1.29, 1.82) is 0 Å². The van der Waals surface area contributed by atoms with Crippen LogP contribution in [0.3, 0.4) is 0 Å². The average Bonchev–Trinajstić information content (AvgIpc) is 2.72. The summed E-state index contributed by atoms with van der Waals surface area (Å²) in [6, 6.07) is 1.25. The third-order valence-electron chi connectivity index (χ3n) is 4.57. The smallest absolute Gasteiger partial charge is 0.431 e. The van der Waals surface area contributed by atoms with E-state index in [1.165, 1.54) is 0 Å². The number of rotatable bonds is 3. The molecule has 1 aromatic carbocycles. The Kier molecular flexibility index (Phi) is 8.03. The molecule has 2 aromatic rings. The predicted octanol–water partition coefficient (Wildman–Crippen LogP) is 2.69. The number of carboxylic acids is 2. The number of benzene rings is 1. The number of carboxylic acid groups (broad SMARTS) is 2. The van der Waals surface area contributed by atoms with Crippen molar-refractivity contribution < 1.29 is 42.1 Å². The molecule has 1 saturated heterocycles. The van der Waals surface area contributed by atoms with Gasteiger partial charge in [0.25, 0.3) is 5.56 Å². The molecular formula is C19H17ClF4N2O7. The van der Waals surface area contributed by atoms with Gasteiger partial charge in [0.15, 0.2) is 6.10 Å². The molecule has 0 spiro atoms. The van der Waals surface area contributed by atoms with Gasteiger partial charge >= 0.3 is 23.8 Å². The first-order valence-electron chi connectivity index (χ1n) is 9.23. The molecule has 0 saturated carbocycles. The predicted molar refractivity (Wildman–Crippen MR) is 105 cm³/mol. The van der Waals surface area contributed by atoms with Crippen LogP contribution in [-0.2, 0) is 22.8 Å². The number of aromatic nitrogens is 2. The van der Waals surface area contributed by atoms with E-state index < -0.39 is 63.3 Å². The molecule has 180 valence electrons. The maximum absolute atomic E-state index is 14.0.